The number of carbonyl (C=O) groups excluding carboxylic acids is 2. The smallest absolute Gasteiger partial charge is 0.249 e. The van der Waals surface area contributed by atoms with Crippen molar-refractivity contribution in [3.8, 4) is 23.0 Å². The molecule has 1 aliphatic carbocycles. The van der Waals surface area contributed by atoms with Crippen LogP contribution in [0, 0.1) is 0 Å². The summed E-state index contributed by atoms with van der Waals surface area (Å²) < 4.78 is 24.2. The van der Waals surface area contributed by atoms with Gasteiger partial charge in [0, 0.05) is 17.8 Å². The molecule has 1 saturated carbocycles. The third-order valence-electron chi connectivity index (χ3n) is 7.96. The van der Waals surface area contributed by atoms with Gasteiger partial charge in [0.05, 0.1) is 19.7 Å². The zero-order chi connectivity index (χ0) is 29.8. The van der Waals surface area contributed by atoms with Crippen molar-refractivity contribution in [1.29, 1.82) is 0 Å². The highest BCUT2D eigenvalue weighted by molar-refractivity contribution is 6.02. The highest BCUT2D eigenvalue weighted by Crippen LogP contribution is 2.39. The zero-order valence-corrected chi connectivity index (χ0v) is 24.3. The van der Waals surface area contributed by atoms with E-state index in [2.05, 4.69) is 15.6 Å². The summed E-state index contributed by atoms with van der Waals surface area (Å²) in [5.74, 6) is 1.42. The van der Waals surface area contributed by atoms with Gasteiger partial charge in [-0.15, -0.1) is 5.10 Å². The van der Waals surface area contributed by atoms with Gasteiger partial charge >= 0.3 is 0 Å². The van der Waals surface area contributed by atoms with E-state index in [1.807, 2.05) is 24.3 Å². The number of aromatic nitrogens is 3. The van der Waals surface area contributed by atoms with Crippen LogP contribution in [0.25, 0.3) is 11.0 Å². The van der Waals surface area contributed by atoms with E-state index in [4.69, 9.17) is 18.9 Å². The van der Waals surface area contributed by atoms with Gasteiger partial charge in [0.2, 0.25) is 11.8 Å². The van der Waals surface area contributed by atoms with Crippen molar-refractivity contribution in [1.82, 2.24) is 20.3 Å². The Morgan fingerprint density at radius 1 is 0.953 bits per heavy atom. The minimum absolute atomic E-state index is 0.0281. The summed E-state index contributed by atoms with van der Waals surface area (Å²) in [5.41, 5.74) is 2.44. The predicted octanol–water partition coefficient (Wildman–Crippen LogP) is 4.44. The number of nitrogens with zero attached hydrogens (tertiary/aromatic N) is 4. The van der Waals surface area contributed by atoms with Gasteiger partial charge in [0.1, 0.15) is 31.3 Å². The van der Waals surface area contributed by atoms with E-state index in [0.717, 1.165) is 32.1 Å². The lowest BCUT2D eigenvalue weighted by atomic mass is 9.94. The fraction of sp³-hybridized carbons (Fsp3) is 0.375. The van der Waals surface area contributed by atoms with Crippen LogP contribution in [0.5, 0.6) is 23.0 Å². The molecule has 11 heteroatoms. The van der Waals surface area contributed by atoms with Gasteiger partial charge in [-0.3, -0.25) is 14.5 Å². The summed E-state index contributed by atoms with van der Waals surface area (Å²) in [6.45, 7) is 0.679. The van der Waals surface area contributed by atoms with Crippen LogP contribution < -0.4 is 29.2 Å². The van der Waals surface area contributed by atoms with Gasteiger partial charge < -0.3 is 24.3 Å². The molecule has 2 aliphatic rings. The second-order valence-corrected chi connectivity index (χ2v) is 10.7. The van der Waals surface area contributed by atoms with Crippen molar-refractivity contribution >= 4 is 28.5 Å². The maximum Gasteiger partial charge on any atom is 0.249 e. The van der Waals surface area contributed by atoms with Crippen molar-refractivity contribution in [3.05, 3.63) is 66.2 Å². The first-order valence-corrected chi connectivity index (χ1v) is 14.6. The van der Waals surface area contributed by atoms with E-state index in [-0.39, 0.29) is 24.4 Å². The van der Waals surface area contributed by atoms with Crippen molar-refractivity contribution in [2.75, 3.05) is 32.3 Å². The third kappa shape index (κ3) is 5.93. The Kier molecular flexibility index (Phi) is 8.30. The van der Waals surface area contributed by atoms with Gasteiger partial charge in [-0.25, -0.2) is 4.68 Å². The highest BCUT2D eigenvalue weighted by Gasteiger charge is 2.36. The van der Waals surface area contributed by atoms with E-state index in [9.17, 15) is 9.59 Å². The Balaban J connectivity index is 1.46. The number of para-hydroxylation sites is 1. The number of fused-ring (bicyclic) bond motifs is 2. The molecule has 2 amide bonds. The first-order chi connectivity index (χ1) is 21.1. The number of carbonyl (C=O) groups is 2. The number of anilines is 1. The second kappa shape index (κ2) is 12.6. The minimum atomic E-state index is -1.04. The first-order valence-electron chi connectivity index (χ1n) is 14.6. The van der Waals surface area contributed by atoms with Gasteiger partial charge in [-0.2, -0.15) is 0 Å². The van der Waals surface area contributed by atoms with Crippen LogP contribution in [0.2, 0.25) is 0 Å². The van der Waals surface area contributed by atoms with Gasteiger partial charge in [0.25, 0.3) is 0 Å². The van der Waals surface area contributed by atoms with E-state index in [0.29, 0.717) is 58.5 Å². The van der Waals surface area contributed by atoms with Crippen molar-refractivity contribution in [2.24, 2.45) is 0 Å². The number of hydrogen-bond acceptors (Lipinski definition) is 8. The maximum absolute atomic E-state index is 14.4. The standard InChI is InChI=1S/C32H35N5O6/c1-40-26-14-12-21(18-28(26)41-2)31(32(39)33-22-8-4-3-5-9-22)37(23-13-15-27-29(19-23)43-17-16-42-27)30(38)20-36-25-11-7-6-10-24(25)34-35-36/h6-7,10-15,18-19,22,31H,3-5,8-9,16-17,20H2,1-2H3,(H,33,39)/t31-/m1/s1. The number of rotatable bonds is 9. The number of hydrogen-bond donors (Lipinski definition) is 1. The molecule has 4 aromatic rings. The summed E-state index contributed by atoms with van der Waals surface area (Å²) in [7, 11) is 3.09. The molecular formula is C32H35N5O6. The topological polar surface area (TPSA) is 117 Å². The normalized spacial score (nSPS) is 15.5. The molecule has 1 aliphatic heterocycles. The van der Waals surface area contributed by atoms with E-state index < -0.39 is 6.04 Å². The number of methoxy groups -OCH3 is 2. The number of benzene rings is 3. The van der Waals surface area contributed by atoms with E-state index in [1.54, 1.807) is 48.2 Å². The summed E-state index contributed by atoms with van der Waals surface area (Å²) >= 11 is 0. The largest absolute Gasteiger partial charge is 0.493 e. The lowest BCUT2D eigenvalue weighted by molar-refractivity contribution is -0.127. The van der Waals surface area contributed by atoms with Crippen LogP contribution in [0.1, 0.15) is 43.7 Å². The summed E-state index contributed by atoms with van der Waals surface area (Å²) in [6.07, 6.45) is 5.05. The van der Waals surface area contributed by atoms with Crippen molar-refractivity contribution < 1.29 is 28.5 Å². The van der Waals surface area contributed by atoms with Gasteiger partial charge in [-0.05, 0) is 54.8 Å². The van der Waals surface area contributed by atoms with Crippen LogP contribution in [0.15, 0.2) is 60.7 Å². The predicted molar refractivity (Wildman–Crippen MR) is 160 cm³/mol. The molecule has 1 N–H and O–H groups in total. The second-order valence-electron chi connectivity index (χ2n) is 10.7. The molecule has 0 radical (unpaired) electrons. The Morgan fingerprint density at radius 2 is 1.72 bits per heavy atom. The maximum atomic E-state index is 14.4. The highest BCUT2D eigenvalue weighted by atomic mass is 16.6. The fourth-order valence-corrected chi connectivity index (χ4v) is 5.83. The van der Waals surface area contributed by atoms with Gasteiger partial charge in [0.15, 0.2) is 23.0 Å². The lowest BCUT2D eigenvalue weighted by Crippen LogP contribution is -2.48. The van der Waals surface area contributed by atoms with Gasteiger partial charge in [-0.1, -0.05) is 42.7 Å². The van der Waals surface area contributed by atoms with E-state index in [1.165, 1.54) is 12.0 Å². The zero-order valence-electron chi connectivity index (χ0n) is 24.3. The number of ether oxygens (including phenoxy) is 4. The Labute approximate surface area is 249 Å². The third-order valence-corrected chi connectivity index (χ3v) is 7.96. The van der Waals surface area contributed by atoms with E-state index >= 15 is 0 Å². The van der Waals surface area contributed by atoms with Crippen molar-refractivity contribution in [2.45, 2.75) is 50.7 Å². The summed E-state index contributed by atoms with van der Waals surface area (Å²) in [6, 6.07) is 17.0. The molecule has 43 heavy (non-hydrogen) atoms. The molecule has 1 atom stereocenters. The monoisotopic (exact) mass is 585 g/mol. The SMILES string of the molecule is COc1ccc([C@H](C(=O)NC2CCCCC2)N(C(=O)Cn2nnc3ccccc32)c2ccc3c(c2)OCCO3)cc1OC. The van der Waals surface area contributed by atoms with Crippen LogP contribution in [0.4, 0.5) is 5.69 Å². The molecule has 1 aromatic heterocycles. The fourth-order valence-electron chi connectivity index (χ4n) is 5.83. The average Bonchev–Trinajstić information content (AvgIpc) is 3.45. The summed E-state index contributed by atoms with van der Waals surface area (Å²) in [5, 5.41) is 11.7. The quantitative estimate of drug-likeness (QED) is 0.306. The van der Waals surface area contributed by atoms with Crippen LogP contribution in [-0.4, -0.2) is 60.3 Å². The molecule has 6 rings (SSSR count). The number of amides is 2. The van der Waals surface area contributed by atoms with Crippen molar-refractivity contribution in [3.63, 3.8) is 0 Å². The molecule has 0 unspecified atom stereocenters. The molecular weight excluding hydrogens is 550 g/mol. The summed E-state index contributed by atoms with van der Waals surface area (Å²) in [4.78, 5) is 30.3. The molecule has 2 heterocycles. The molecule has 11 nitrogen and oxygen atoms in total. The molecule has 0 spiro atoms. The first kappa shape index (κ1) is 28.3. The average molecular weight is 586 g/mol. The number of nitrogens with one attached hydrogen (secondary N) is 1. The molecule has 0 saturated heterocycles. The molecule has 3 aromatic carbocycles. The Hall–Kier alpha value is -4.80. The lowest BCUT2D eigenvalue weighted by Gasteiger charge is -2.34. The molecule has 224 valence electrons. The molecule has 0 bridgehead atoms. The van der Waals surface area contributed by atoms with Crippen LogP contribution in [0.3, 0.4) is 0 Å². The van der Waals surface area contributed by atoms with Crippen LogP contribution in [-0.2, 0) is 16.1 Å². The molecule has 1 fully saturated rings. The van der Waals surface area contributed by atoms with Crippen LogP contribution >= 0.6 is 0 Å². The Bertz CT molecular complexity index is 1620. The minimum Gasteiger partial charge on any atom is -0.493 e. The Morgan fingerprint density at radius 3 is 2.51 bits per heavy atom.